The van der Waals surface area contributed by atoms with E-state index in [1.54, 1.807) is 0 Å². The van der Waals surface area contributed by atoms with E-state index in [1.165, 1.54) is 16.8 Å². The van der Waals surface area contributed by atoms with Crippen LogP contribution >= 0.6 is 11.6 Å². The van der Waals surface area contributed by atoms with E-state index in [2.05, 4.69) is 42.7 Å². The van der Waals surface area contributed by atoms with Crippen LogP contribution in [-0.4, -0.2) is 55.4 Å². The molecule has 158 valence electrons. The topological polar surface area (TPSA) is 35.9 Å². The maximum atomic E-state index is 10.5. The first-order valence-corrected chi connectivity index (χ1v) is 11.0. The quantitative estimate of drug-likeness (QED) is 0.675. The Labute approximate surface area is 180 Å². The molecule has 1 heterocycles. The predicted molar refractivity (Wildman–Crippen MR) is 121 cm³/mol. The second-order valence-electron chi connectivity index (χ2n) is 8.03. The van der Waals surface area contributed by atoms with Gasteiger partial charge in [-0.25, -0.2) is 0 Å². The lowest BCUT2D eigenvalue weighted by Crippen LogP contribution is -2.49. The highest BCUT2D eigenvalue weighted by Gasteiger charge is 2.21. The van der Waals surface area contributed by atoms with E-state index in [9.17, 15) is 5.11 Å². The molecule has 29 heavy (non-hydrogen) atoms. The molecule has 1 aliphatic rings. The van der Waals surface area contributed by atoms with Crippen molar-refractivity contribution in [3.8, 4) is 5.75 Å². The molecule has 2 atom stereocenters. The molecule has 0 spiro atoms. The van der Waals surface area contributed by atoms with Crippen LogP contribution in [0.2, 0.25) is 5.02 Å². The van der Waals surface area contributed by atoms with Crippen LogP contribution in [-0.2, 0) is 0 Å². The van der Waals surface area contributed by atoms with Crippen molar-refractivity contribution in [3.63, 3.8) is 0 Å². The maximum absolute atomic E-state index is 10.5. The molecule has 0 unspecified atom stereocenters. The SMILES string of the molecule is CC[C@@H](C)c1ccccc1OC[C@@H](O)CN1CCN(c2cc(Cl)ccc2C)CC1. The van der Waals surface area contributed by atoms with Crippen molar-refractivity contribution in [1.82, 2.24) is 4.90 Å². The largest absolute Gasteiger partial charge is 0.491 e. The van der Waals surface area contributed by atoms with E-state index in [0.717, 1.165) is 43.4 Å². The van der Waals surface area contributed by atoms with E-state index in [4.69, 9.17) is 16.3 Å². The van der Waals surface area contributed by atoms with Gasteiger partial charge in [-0.15, -0.1) is 0 Å². The van der Waals surface area contributed by atoms with Crippen LogP contribution in [0.5, 0.6) is 5.75 Å². The molecule has 0 bridgehead atoms. The molecule has 2 aromatic rings. The third-order valence-corrected chi connectivity index (χ3v) is 6.08. The Morgan fingerprint density at radius 2 is 1.83 bits per heavy atom. The van der Waals surface area contributed by atoms with Gasteiger partial charge in [0, 0.05) is 43.4 Å². The fraction of sp³-hybridized carbons (Fsp3) is 0.500. The molecular weight excluding hydrogens is 384 g/mol. The van der Waals surface area contributed by atoms with E-state index < -0.39 is 6.10 Å². The van der Waals surface area contributed by atoms with Crippen LogP contribution in [0.3, 0.4) is 0 Å². The van der Waals surface area contributed by atoms with Crippen molar-refractivity contribution in [2.24, 2.45) is 0 Å². The number of aryl methyl sites for hydroxylation is 1. The second kappa shape index (κ2) is 10.3. The molecule has 4 nitrogen and oxygen atoms in total. The Bertz CT molecular complexity index is 790. The van der Waals surface area contributed by atoms with Crippen molar-refractivity contribution in [1.29, 1.82) is 0 Å². The van der Waals surface area contributed by atoms with E-state index in [0.29, 0.717) is 19.1 Å². The minimum atomic E-state index is -0.501. The number of hydrogen-bond donors (Lipinski definition) is 1. The van der Waals surface area contributed by atoms with Crippen molar-refractivity contribution < 1.29 is 9.84 Å². The van der Waals surface area contributed by atoms with Crippen LogP contribution in [0.25, 0.3) is 0 Å². The van der Waals surface area contributed by atoms with Gasteiger partial charge in [0.1, 0.15) is 18.5 Å². The smallest absolute Gasteiger partial charge is 0.122 e. The molecule has 3 rings (SSSR count). The number of anilines is 1. The lowest BCUT2D eigenvalue weighted by molar-refractivity contribution is 0.0658. The summed E-state index contributed by atoms with van der Waals surface area (Å²) in [5.74, 6) is 1.34. The molecule has 0 saturated carbocycles. The van der Waals surface area contributed by atoms with E-state index in [-0.39, 0.29) is 0 Å². The zero-order valence-corrected chi connectivity index (χ0v) is 18.5. The highest BCUT2D eigenvalue weighted by molar-refractivity contribution is 6.30. The van der Waals surface area contributed by atoms with Gasteiger partial charge in [0.15, 0.2) is 0 Å². The van der Waals surface area contributed by atoms with Gasteiger partial charge in [0.2, 0.25) is 0 Å². The second-order valence-corrected chi connectivity index (χ2v) is 8.47. The summed E-state index contributed by atoms with van der Waals surface area (Å²) in [5, 5.41) is 11.3. The number of aliphatic hydroxyl groups is 1. The molecule has 0 amide bonds. The van der Waals surface area contributed by atoms with Gasteiger partial charge in [0.05, 0.1) is 0 Å². The first-order valence-electron chi connectivity index (χ1n) is 10.6. The first-order chi connectivity index (χ1) is 14.0. The first kappa shape index (κ1) is 21.9. The van der Waals surface area contributed by atoms with Gasteiger partial charge in [-0.05, 0) is 48.6 Å². The molecule has 1 aliphatic heterocycles. The van der Waals surface area contributed by atoms with Crippen LogP contribution in [0, 0.1) is 6.92 Å². The van der Waals surface area contributed by atoms with Gasteiger partial charge in [0.25, 0.3) is 0 Å². The Hall–Kier alpha value is -1.75. The van der Waals surface area contributed by atoms with Gasteiger partial charge >= 0.3 is 0 Å². The number of piperazine rings is 1. The van der Waals surface area contributed by atoms with Crippen molar-refractivity contribution in [3.05, 3.63) is 58.6 Å². The zero-order valence-electron chi connectivity index (χ0n) is 17.8. The molecule has 5 heteroatoms. The van der Waals surface area contributed by atoms with Gasteiger partial charge in [-0.2, -0.15) is 0 Å². The van der Waals surface area contributed by atoms with Crippen molar-refractivity contribution in [2.75, 3.05) is 44.2 Å². The number of hydrogen-bond acceptors (Lipinski definition) is 4. The molecule has 0 radical (unpaired) electrons. The number of para-hydroxylation sites is 1. The van der Waals surface area contributed by atoms with Gasteiger partial charge in [-0.1, -0.05) is 49.7 Å². The molecule has 1 fully saturated rings. The highest BCUT2D eigenvalue weighted by atomic mass is 35.5. The molecule has 1 saturated heterocycles. The summed E-state index contributed by atoms with van der Waals surface area (Å²) < 4.78 is 5.98. The summed E-state index contributed by atoms with van der Waals surface area (Å²) in [4.78, 5) is 4.69. The third-order valence-electron chi connectivity index (χ3n) is 5.85. The number of halogens is 1. The normalized spacial score (nSPS) is 17.2. The lowest BCUT2D eigenvalue weighted by Gasteiger charge is -2.37. The molecule has 1 N–H and O–H groups in total. The van der Waals surface area contributed by atoms with Crippen LogP contribution in [0.1, 0.15) is 37.3 Å². The fourth-order valence-corrected chi connectivity index (χ4v) is 4.04. The van der Waals surface area contributed by atoms with Crippen molar-refractivity contribution in [2.45, 2.75) is 39.2 Å². The summed E-state index contributed by atoms with van der Waals surface area (Å²) in [6, 6.07) is 14.2. The number of β-amino-alcohol motifs (C(OH)–C–C–N with tert-alkyl or cyclic N) is 1. The van der Waals surface area contributed by atoms with Gasteiger partial charge < -0.3 is 14.7 Å². The summed E-state index contributed by atoms with van der Waals surface area (Å²) in [6.45, 7) is 11.2. The van der Waals surface area contributed by atoms with Crippen LogP contribution in [0.4, 0.5) is 5.69 Å². The van der Waals surface area contributed by atoms with E-state index in [1.807, 2.05) is 30.3 Å². The molecule has 2 aromatic carbocycles. The molecule has 0 aliphatic carbocycles. The number of rotatable bonds is 8. The number of aliphatic hydroxyl groups excluding tert-OH is 1. The minimum Gasteiger partial charge on any atom is -0.491 e. The van der Waals surface area contributed by atoms with Crippen LogP contribution < -0.4 is 9.64 Å². The number of nitrogens with zero attached hydrogens (tertiary/aromatic N) is 2. The summed E-state index contributed by atoms with van der Waals surface area (Å²) >= 11 is 6.17. The third kappa shape index (κ3) is 5.88. The molecular formula is C24H33ClN2O2. The lowest BCUT2D eigenvalue weighted by atomic mass is 9.98. The average Bonchev–Trinajstić information content (AvgIpc) is 2.74. The minimum absolute atomic E-state index is 0.320. The Morgan fingerprint density at radius 3 is 2.55 bits per heavy atom. The zero-order chi connectivity index (χ0) is 20.8. The molecule has 0 aromatic heterocycles. The highest BCUT2D eigenvalue weighted by Crippen LogP contribution is 2.28. The predicted octanol–water partition coefficient (Wildman–Crippen LogP) is 4.72. The Balaban J connectivity index is 1.48. The Kier molecular flexibility index (Phi) is 7.82. The summed E-state index contributed by atoms with van der Waals surface area (Å²) in [6.07, 6.45) is 0.568. The van der Waals surface area contributed by atoms with Crippen LogP contribution in [0.15, 0.2) is 42.5 Å². The number of ether oxygens (including phenoxy) is 1. The average molecular weight is 417 g/mol. The fourth-order valence-electron chi connectivity index (χ4n) is 3.87. The van der Waals surface area contributed by atoms with E-state index >= 15 is 0 Å². The Morgan fingerprint density at radius 1 is 1.10 bits per heavy atom. The monoisotopic (exact) mass is 416 g/mol. The van der Waals surface area contributed by atoms with Crippen molar-refractivity contribution >= 4 is 17.3 Å². The number of benzene rings is 2. The summed E-state index contributed by atoms with van der Waals surface area (Å²) in [5.41, 5.74) is 3.67. The standard InChI is InChI=1S/C24H33ClN2O2/c1-4-18(2)22-7-5-6-8-24(22)29-17-21(28)16-26-11-13-27(14-12-26)23-15-20(25)10-9-19(23)3/h5-10,15,18,21,28H,4,11-14,16-17H2,1-3H3/t18-,21+/m1/s1. The van der Waals surface area contributed by atoms with Gasteiger partial charge in [-0.3, -0.25) is 4.90 Å². The summed E-state index contributed by atoms with van der Waals surface area (Å²) in [7, 11) is 0. The maximum Gasteiger partial charge on any atom is 0.122 e.